The van der Waals surface area contributed by atoms with Crippen molar-refractivity contribution in [1.82, 2.24) is 0 Å². The van der Waals surface area contributed by atoms with Crippen molar-refractivity contribution in [2.75, 3.05) is 11.1 Å². The zero-order valence-corrected chi connectivity index (χ0v) is 9.89. The average molecular weight is 241 g/mol. The van der Waals surface area contributed by atoms with E-state index in [-0.39, 0.29) is 5.91 Å². The summed E-state index contributed by atoms with van der Waals surface area (Å²) in [6.45, 7) is 0.442. The maximum absolute atomic E-state index is 12.0. The van der Waals surface area contributed by atoms with Crippen LogP contribution < -0.4 is 16.8 Å². The molecule has 2 aromatic carbocycles. The summed E-state index contributed by atoms with van der Waals surface area (Å²) in [4.78, 5) is 12.0. The highest BCUT2D eigenvalue weighted by molar-refractivity contribution is 6.07. The molecule has 0 radical (unpaired) electrons. The zero-order chi connectivity index (χ0) is 13.0. The fraction of sp³-hybridized carbons (Fsp3) is 0.0714. The Hall–Kier alpha value is -2.33. The van der Waals surface area contributed by atoms with E-state index in [1.807, 2.05) is 24.3 Å². The number of carbonyl (C=O) groups is 1. The topological polar surface area (TPSA) is 81.1 Å². The van der Waals surface area contributed by atoms with Crippen LogP contribution in [0, 0.1) is 0 Å². The van der Waals surface area contributed by atoms with Crippen LogP contribution in [0.1, 0.15) is 15.9 Å². The van der Waals surface area contributed by atoms with Crippen molar-refractivity contribution in [3.63, 3.8) is 0 Å². The van der Waals surface area contributed by atoms with Gasteiger partial charge in [-0.25, -0.2) is 0 Å². The second-order valence-corrected chi connectivity index (χ2v) is 3.95. The number of benzene rings is 2. The first kappa shape index (κ1) is 12.1. The molecule has 4 heteroatoms. The van der Waals surface area contributed by atoms with Crippen molar-refractivity contribution < 1.29 is 4.79 Å². The molecule has 0 aromatic heterocycles. The van der Waals surface area contributed by atoms with Crippen LogP contribution in [0.5, 0.6) is 0 Å². The number of carbonyl (C=O) groups excluding carboxylic acids is 1. The number of rotatable bonds is 3. The van der Waals surface area contributed by atoms with Crippen molar-refractivity contribution >= 4 is 17.3 Å². The Labute approximate surface area is 106 Å². The average Bonchev–Trinajstić information content (AvgIpc) is 2.39. The zero-order valence-electron chi connectivity index (χ0n) is 9.89. The van der Waals surface area contributed by atoms with Crippen LogP contribution in [-0.4, -0.2) is 5.91 Å². The summed E-state index contributed by atoms with van der Waals surface area (Å²) in [7, 11) is 0. The van der Waals surface area contributed by atoms with Crippen molar-refractivity contribution in [1.29, 1.82) is 0 Å². The van der Waals surface area contributed by atoms with Gasteiger partial charge in [-0.15, -0.1) is 0 Å². The number of hydrogen-bond donors (Lipinski definition) is 3. The van der Waals surface area contributed by atoms with Crippen LogP contribution in [0.3, 0.4) is 0 Å². The highest BCUT2D eigenvalue weighted by Crippen LogP contribution is 2.15. The van der Waals surface area contributed by atoms with Crippen LogP contribution in [0.4, 0.5) is 11.4 Å². The number of nitrogen functional groups attached to an aromatic ring is 1. The van der Waals surface area contributed by atoms with Gasteiger partial charge in [-0.05, 0) is 29.8 Å². The number of nitrogens with one attached hydrogen (secondary N) is 1. The number of para-hydroxylation sites is 1. The molecule has 0 spiro atoms. The van der Waals surface area contributed by atoms with Gasteiger partial charge < -0.3 is 16.8 Å². The minimum absolute atomic E-state index is 0.220. The standard InChI is InChI=1S/C14H15N3O/c15-9-10-4-3-5-11(8-10)17-14(18)12-6-1-2-7-13(12)16/h1-8H,9,15-16H2,(H,17,18). The number of anilines is 2. The lowest BCUT2D eigenvalue weighted by Gasteiger charge is -2.08. The Morgan fingerprint density at radius 3 is 2.61 bits per heavy atom. The molecule has 0 heterocycles. The van der Waals surface area contributed by atoms with Gasteiger partial charge in [0.1, 0.15) is 0 Å². The summed E-state index contributed by atoms with van der Waals surface area (Å²) in [5.41, 5.74) is 13.9. The van der Waals surface area contributed by atoms with E-state index >= 15 is 0 Å². The van der Waals surface area contributed by atoms with Gasteiger partial charge in [0.15, 0.2) is 0 Å². The molecule has 1 amide bonds. The summed E-state index contributed by atoms with van der Waals surface area (Å²) >= 11 is 0. The van der Waals surface area contributed by atoms with Gasteiger partial charge in [0.25, 0.3) is 5.91 Å². The Kier molecular flexibility index (Phi) is 3.60. The van der Waals surface area contributed by atoms with Gasteiger partial charge in [-0.1, -0.05) is 24.3 Å². The largest absolute Gasteiger partial charge is 0.398 e. The van der Waals surface area contributed by atoms with E-state index in [0.717, 1.165) is 5.56 Å². The molecule has 0 aliphatic heterocycles. The summed E-state index contributed by atoms with van der Waals surface area (Å²) in [6, 6.07) is 14.4. The van der Waals surface area contributed by atoms with Gasteiger partial charge in [0.2, 0.25) is 0 Å². The van der Waals surface area contributed by atoms with E-state index in [2.05, 4.69) is 5.32 Å². The molecular weight excluding hydrogens is 226 g/mol. The maximum Gasteiger partial charge on any atom is 0.257 e. The predicted molar refractivity (Wildman–Crippen MR) is 73.1 cm³/mol. The predicted octanol–water partition coefficient (Wildman–Crippen LogP) is 1.98. The lowest BCUT2D eigenvalue weighted by Crippen LogP contribution is -2.14. The highest BCUT2D eigenvalue weighted by atomic mass is 16.1. The van der Waals surface area contributed by atoms with Crippen LogP contribution >= 0.6 is 0 Å². The molecule has 5 N–H and O–H groups in total. The van der Waals surface area contributed by atoms with Gasteiger partial charge in [0.05, 0.1) is 5.56 Å². The highest BCUT2D eigenvalue weighted by Gasteiger charge is 2.08. The maximum atomic E-state index is 12.0. The molecule has 0 saturated heterocycles. The minimum atomic E-state index is -0.220. The molecule has 0 atom stereocenters. The lowest BCUT2D eigenvalue weighted by molar-refractivity contribution is 0.102. The third kappa shape index (κ3) is 2.67. The number of nitrogens with two attached hydrogens (primary N) is 2. The minimum Gasteiger partial charge on any atom is -0.398 e. The molecule has 0 bridgehead atoms. The lowest BCUT2D eigenvalue weighted by atomic mass is 10.1. The van der Waals surface area contributed by atoms with Crippen LogP contribution in [0.15, 0.2) is 48.5 Å². The summed E-state index contributed by atoms with van der Waals surface area (Å²) < 4.78 is 0. The quantitative estimate of drug-likeness (QED) is 0.719. The fourth-order valence-corrected chi connectivity index (χ4v) is 1.68. The van der Waals surface area contributed by atoms with Crippen LogP contribution in [0.2, 0.25) is 0 Å². The molecule has 0 aliphatic rings. The molecule has 0 aliphatic carbocycles. The van der Waals surface area contributed by atoms with E-state index < -0.39 is 0 Å². The summed E-state index contributed by atoms with van der Waals surface area (Å²) in [6.07, 6.45) is 0. The van der Waals surface area contributed by atoms with Crippen molar-refractivity contribution in [2.45, 2.75) is 6.54 Å². The van der Waals surface area contributed by atoms with E-state index in [4.69, 9.17) is 11.5 Å². The molecular formula is C14H15N3O. The third-order valence-electron chi connectivity index (χ3n) is 2.63. The Morgan fingerprint density at radius 1 is 1.11 bits per heavy atom. The monoisotopic (exact) mass is 241 g/mol. The molecule has 2 aromatic rings. The number of hydrogen-bond acceptors (Lipinski definition) is 3. The summed E-state index contributed by atoms with van der Waals surface area (Å²) in [5, 5.41) is 2.80. The van der Waals surface area contributed by atoms with Crippen LogP contribution in [-0.2, 0) is 6.54 Å². The molecule has 0 fully saturated rings. The van der Waals surface area contributed by atoms with Crippen molar-refractivity contribution in [2.24, 2.45) is 5.73 Å². The Bertz CT molecular complexity index is 566. The van der Waals surface area contributed by atoms with E-state index in [0.29, 0.717) is 23.5 Å². The SMILES string of the molecule is NCc1cccc(NC(=O)c2ccccc2N)c1. The normalized spacial score (nSPS) is 10.1. The molecule has 92 valence electrons. The Morgan fingerprint density at radius 2 is 1.89 bits per heavy atom. The number of amides is 1. The summed E-state index contributed by atoms with van der Waals surface area (Å²) in [5.74, 6) is -0.220. The first-order valence-electron chi connectivity index (χ1n) is 5.65. The van der Waals surface area contributed by atoms with Crippen molar-refractivity contribution in [3.8, 4) is 0 Å². The molecule has 4 nitrogen and oxygen atoms in total. The second-order valence-electron chi connectivity index (χ2n) is 3.95. The smallest absolute Gasteiger partial charge is 0.257 e. The molecule has 2 rings (SSSR count). The van der Waals surface area contributed by atoms with Crippen molar-refractivity contribution in [3.05, 3.63) is 59.7 Å². The van der Waals surface area contributed by atoms with E-state index in [1.165, 1.54) is 0 Å². The first-order valence-corrected chi connectivity index (χ1v) is 5.65. The fourth-order valence-electron chi connectivity index (χ4n) is 1.68. The first-order chi connectivity index (χ1) is 8.70. The third-order valence-corrected chi connectivity index (χ3v) is 2.63. The van der Waals surface area contributed by atoms with E-state index in [1.54, 1.807) is 24.3 Å². The Balaban J connectivity index is 2.19. The van der Waals surface area contributed by atoms with Gasteiger partial charge in [-0.3, -0.25) is 4.79 Å². The van der Waals surface area contributed by atoms with Gasteiger partial charge in [0, 0.05) is 17.9 Å². The van der Waals surface area contributed by atoms with Gasteiger partial charge in [-0.2, -0.15) is 0 Å². The molecule has 0 unspecified atom stereocenters. The van der Waals surface area contributed by atoms with E-state index in [9.17, 15) is 4.79 Å². The molecule has 18 heavy (non-hydrogen) atoms. The van der Waals surface area contributed by atoms with Gasteiger partial charge >= 0.3 is 0 Å². The second kappa shape index (κ2) is 5.33. The van der Waals surface area contributed by atoms with Crippen LogP contribution in [0.25, 0.3) is 0 Å². The molecule has 0 saturated carbocycles.